The second kappa shape index (κ2) is 10.4. The third kappa shape index (κ3) is 5.15. The molecule has 1 heterocycles. The number of aromatic amines is 1. The smallest absolute Gasteiger partial charge is 0.338 e. The third-order valence-electron chi connectivity index (χ3n) is 4.48. The topological polar surface area (TPSA) is 137 Å². The van der Waals surface area contributed by atoms with Gasteiger partial charge < -0.3 is 20.1 Å². The van der Waals surface area contributed by atoms with Crippen molar-refractivity contribution in [2.75, 3.05) is 44.0 Å². The second-order valence-electron chi connectivity index (χ2n) is 6.37. The summed E-state index contributed by atoms with van der Waals surface area (Å²) in [6.45, 7) is 4.34. The minimum absolute atomic E-state index is 0.0945. The number of nitrogens with zero attached hydrogens (tertiary/aromatic N) is 2. The van der Waals surface area contributed by atoms with Crippen LogP contribution in [0.5, 0.6) is 0 Å². The predicted octanol–water partition coefficient (Wildman–Crippen LogP) is 0.651. The van der Waals surface area contributed by atoms with E-state index < -0.39 is 23.0 Å². The van der Waals surface area contributed by atoms with Gasteiger partial charge in [0.05, 0.1) is 31.9 Å². The zero-order chi connectivity index (χ0) is 22.3. The monoisotopic (exact) mass is 418 g/mol. The first-order chi connectivity index (χ1) is 14.3. The van der Waals surface area contributed by atoms with Crippen molar-refractivity contribution in [2.45, 2.75) is 20.4 Å². The number of nitrogens with two attached hydrogens (primary N) is 1. The van der Waals surface area contributed by atoms with E-state index in [-0.39, 0.29) is 37.7 Å². The fourth-order valence-corrected chi connectivity index (χ4v) is 2.94. The van der Waals surface area contributed by atoms with Crippen LogP contribution < -0.4 is 21.9 Å². The Morgan fingerprint density at radius 1 is 1.23 bits per heavy atom. The van der Waals surface area contributed by atoms with Gasteiger partial charge in [-0.1, -0.05) is 6.07 Å². The molecule has 1 aromatic carbocycles. The second-order valence-corrected chi connectivity index (χ2v) is 6.37. The van der Waals surface area contributed by atoms with Crippen molar-refractivity contribution in [1.29, 1.82) is 0 Å². The number of nitrogens with one attached hydrogen (secondary N) is 1. The molecule has 0 saturated heterocycles. The predicted molar refractivity (Wildman–Crippen MR) is 112 cm³/mol. The number of aromatic nitrogens is 2. The number of H-pyrrole nitrogens is 1. The molecule has 2 aromatic rings. The lowest BCUT2D eigenvalue weighted by atomic mass is 10.1. The molecule has 0 aliphatic heterocycles. The third-order valence-corrected chi connectivity index (χ3v) is 4.48. The molecule has 0 radical (unpaired) electrons. The molecule has 3 N–H and O–H groups in total. The van der Waals surface area contributed by atoms with Gasteiger partial charge >= 0.3 is 11.7 Å². The van der Waals surface area contributed by atoms with Crippen LogP contribution in [0.25, 0.3) is 0 Å². The highest BCUT2D eigenvalue weighted by Gasteiger charge is 2.22. The summed E-state index contributed by atoms with van der Waals surface area (Å²) in [7, 11) is 1.46. The van der Waals surface area contributed by atoms with Gasteiger partial charge in [0.25, 0.3) is 5.56 Å². The molecule has 1 aromatic heterocycles. The number of benzene rings is 1. The summed E-state index contributed by atoms with van der Waals surface area (Å²) in [6.07, 6.45) is 0. The maximum Gasteiger partial charge on any atom is 0.338 e. The van der Waals surface area contributed by atoms with Crippen molar-refractivity contribution in [2.24, 2.45) is 0 Å². The molecule has 0 bridgehead atoms. The molecular formula is C20H26N4O6. The Hall–Kier alpha value is -3.40. The summed E-state index contributed by atoms with van der Waals surface area (Å²) in [5, 5.41) is 0. The lowest BCUT2D eigenvalue weighted by molar-refractivity contribution is 0.0526. The minimum Gasteiger partial charge on any atom is -0.462 e. The van der Waals surface area contributed by atoms with Crippen LogP contribution in [-0.2, 0) is 16.0 Å². The van der Waals surface area contributed by atoms with Crippen molar-refractivity contribution in [3.63, 3.8) is 0 Å². The minimum atomic E-state index is -0.840. The highest BCUT2D eigenvalue weighted by atomic mass is 16.5. The summed E-state index contributed by atoms with van der Waals surface area (Å²) >= 11 is 0. The van der Waals surface area contributed by atoms with Crippen LogP contribution in [0.2, 0.25) is 0 Å². The summed E-state index contributed by atoms with van der Waals surface area (Å²) in [6, 6.07) is 6.65. The number of anilines is 2. The summed E-state index contributed by atoms with van der Waals surface area (Å²) in [5.41, 5.74) is 5.09. The van der Waals surface area contributed by atoms with E-state index in [1.807, 2.05) is 6.92 Å². The van der Waals surface area contributed by atoms with Crippen molar-refractivity contribution in [3.05, 3.63) is 56.2 Å². The molecule has 0 aliphatic rings. The molecule has 10 heteroatoms. The number of carbonyl (C=O) groups is 2. The zero-order valence-corrected chi connectivity index (χ0v) is 17.3. The highest BCUT2D eigenvalue weighted by Crippen LogP contribution is 2.18. The van der Waals surface area contributed by atoms with Crippen molar-refractivity contribution >= 4 is 23.3 Å². The number of hydrogen-bond acceptors (Lipinski definition) is 8. The maximum absolute atomic E-state index is 12.9. The first-order valence-corrected chi connectivity index (χ1v) is 9.50. The van der Waals surface area contributed by atoms with Crippen molar-refractivity contribution in [1.82, 2.24) is 9.55 Å². The van der Waals surface area contributed by atoms with E-state index in [9.17, 15) is 19.2 Å². The number of ether oxygens (including phenoxy) is 2. The van der Waals surface area contributed by atoms with Gasteiger partial charge in [-0.3, -0.25) is 19.1 Å². The van der Waals surface area contributed by atoms with Gasteiger partial charge in [-0.15, -0.1) is 0 Å². The van der Waals surface area contributed by atoms with Gasteiger partial charge in [0.1, 0.15) is 11.4 Å². The summed E-state index contributed by atoms with van der Waals surface area (Å²) in [4.78, 5) is 53.0. The number of Topliss-reactive ketones (excluding diaryl/α,β-unsaturated/α-hetero) is 1. The number of hydrogen-bond donors (Lipinski definition) is 2. The Balaban J connectivity index is 2.34. The normalized spacial score (nSPS) is 10.6. The number of methoxy groups -OCH3 is 1. The fraction of sp³-hybridized carbons (Fsp3) is 0.400. The number of carbonyl (C=O) groups excluding carboxylic acids is 2. The first kappa shape index (κ1) is 22.9. The molecule has 10 nitrogen and oxygen atoms in total. The Bertz CT molecular complexity index is 1030. The van der Waals surface area contributed by atoms with Crippen LogP contribution in [-0.4, -0.2) is 54.7 Å². The molecule has 0 saturated carbocycles. The van der Waals surface area contributed by atoms with Crippen molar-refractivity contribution in [3.8, 4) is 0 Å². The molecule has 0 aliphatic carbocycles. The first-order valence-electron chi connectivity index (χ1n) is 9.50. The lowest BCUT2D eigenvalue weighted by Crippen LogP contribution is -2.39. The van der Waals surface area contributed by atoms with E-state index in [4.69, 9.17) is 15.2 Å². The van der Waals surface area contributed by atoms with Crippen LogP contribution >= 0.6 is 0 Å². The largest absolute Gasteiger partial charge is 0.462 e. The molecule has 0 unspecified atom stereocenters. The zero-order valence-electron chi connectivity index (χ0n) is 17.3. The van der Waals surface area contributed by atoms with E-state index in [1.165, 1.54) is 7.11 Å². The van der Waals surface area contributed by atoms with Crippen LogP contribution in [0.4, 0.5) is 11.5 Å². The van der Waals surface area contributed by atoms with E-state index >= 15 is 0 Å². The summed E-state index contributed by atoms with van der Waals surface area (Å²) < 4.78 is 11.0. The number of nitrogen functional groups attached to an aromatic ring is 1. The van der Waals surface area contributed by atoms with Crippen LogP contribution in [0, 0.1) is 0 Å². The average molecular weight is 418 g/mol. The molecule has 162 valence electrons. The quantitative estimate of drug-likeness (QED) is 0.424. The molecule has 0 spiro atoms. The van der Waals surface area contributed by atoms with Gasteiger partial charge in [-0.2, -0.15) is 0 Å². The van der Waals surface area contributed by atoms with Gasteiger partial charge in [0.15, 0.2) is 5.78 Å². The SMILES string of the molecule is CCOC(=O)c1cccc(N(CC)CC(=O)c2c(N)n(CCOC)c(=O)[nH]c2=O)c1. The maximum atomic E-state index is 12.9. The molecule has 30 heavy (non-hydrogen) atoms. The average Bonchev–Trinajstić information content (AvgIpc) is 2.72. The van der Waals surface area contributed by atoms with Gasteiger partial charge in [0, 0.05) is 19.3 Å². The molecular weight excluding hydrogens is 392 g/mol. The van der Waals surface area contributed by atoms with E-state index in [1.54, 1.807) is 36.1 Å². The Morgan fingerprint density at radius 2 is 1.97 bits per heavy atom. The number of likely N-dealkylation sites (N-methyl/N-ethyl adjacent to an activating group) is 1. The Morgan fingerprint density at radius 3 is 2.60 bits per heavy atom. The van der Waals surface area contributed by atoms with Crippen LogP contribution in [0.1, 0.15) is 34.6 Å². The molecule has 2 rings (SSSR count). The Labute approximate surface area is 173 Å². The fourth-order valence-electron chi connectivity index (χ4n) is 2.94. The van der Waals surface area contributed by atoms with E-state index in [0.717, 1.165) is 4.57 Å². The van der Waals surface area contributed by atoms with Crippen molar-refractivity contribution < 1.29 is 19.1 Å². The molecule has 0 fully saturated rings. The Kier molecular flexibility index (Phi) is 7.93. The van der Waals surface area contributed by atoms with E-state index in [2.05, 4.69) is 4.98 Å². The lowest BCUT2D eigenvalue weighted by Gasteiger charge is -2.23. The number of ketones is 1. The van der Waals surface area contributed by atoms with Gasteiger partial charge in [0.2, 0.25) is 0 Å². The van der Waals surface area contributed by atoms with E-state index in [0.29, 0.717) is 17.8 Å². The summed E-state index contributed by atoms with van der Waals surface area (Å²) in [5.74, 6) is -1.22. The number of rotatable bonds is 10. The standard InChI is InChI=1S/C20H26N4O6/c1-4-23(14-8-6-7-13(11-14)19(27)30-5-2)12-15(25)16-17(21)24(9-10-29-3)20(28)22-18(16)26/h6-8,11H,4-5,9-10,12,21H2,1-3H3,(H,22,26,28). The van der Waals surface area contributed by atoms with Gasteiger partial charge in [-0.05, 0) is 32.0 Å². The van der Waals surface area contributed by atoms with Crippen LogP contribution in [0.15, 0.2) is 33.9 Å². The molecule has 0 atom stereocenters. The van der Waals surface area contributed by atoms with Gasteiger partial charge in [-0.25, -0.2) is 9.59 Å². The van der Waals surface area contributed by atoms with Crippen LogP contribution in [0.3, 0.4) is 0 Å². The number of esters is 1. The highest BCUT2D eigenvalue weighted by molar-refractivity contribution is 6.02. The molecule has 0 amide bonds.